The first-order chi connectivity index (χ1) is 7.26. The molecule has 0 fully saturated rings. The smallest absolute Gasteiger partial charge is 0.196 e. The molecular formula is C12H18O3. The molecule has 0 saturated heterocycles. The average Bonchev–Trinajstić information content (AvgIpc) is 2.19. The Bertz CT molecular complexity index is 286. The van der Waals surface area contributed by atoms with Crippen LogP contribution in [0.25, 0.3) is 0 Å². The summed E-state index contributed by atoms with van der Waals surface area (Å²) in [5.74, 6) is 0.780. The second-order valence-corrected chi connectivity index (χ2v) is 3.26. The van der Waals surface area contributed by atoms with Gasteiger partial charge in [0.25, 0.3) is 0 Å². The van der Waals surface area contributed by atoms with Crippen molar-refractivity contribution in [3.63, 3.8) is 0 Å². The molecule has 0 aliphatic carbocycles. The summed E-state index contributed by atoms with van der Waals surface area (Å²) in [6.45, 7) is 4.59. The lowest BCUT2D eigenvalue weighted by molar-refractivity contribution is -0.0613. The van der Waals surface area contributed by atoms with Crippen molar-refractivity contribution in [1.82, 2.24) is 0 Å². The zero-order valence-corrected chi connectivity index (χ0v) is 9.27. The Hall–Kier alpha value is -1.06. The first-order valence-corrected chi connectivity index (χ1v) is 5.24. The van der Waals surface area contributed by atoms with Crippen LogP contribution in [0.5, 0.6) is 5.75 Å². The monoisotopic (exact) mass is 210 g/mol. The van der Waals surface area contributed by atoms with Gasteiger partial charge in [0.2, 0.25) is 0 Å². The Morgan fingerprint density at radius 3 is 2.87 bits per heavy atom. The minimum atomic E-state index is -0.237. The van der Waals surface area contributed by atoms with Gasteiger partial charge in [0, 0.05) is 13.2 Å². The SMILES string of the molecule is CCOC(C)Oc1cccc(CCO)c1. The Morgan fingerprint density at radius 1 is 1.40 bits per heavy atom. The summed E-state index contributed by atoms with van der Waals surface area (Å²) in [5, 5.41) is 8.81. The first-order valence-electron chi connectivity index (χ1n) is 5.24. The van der Waals surface area contributed by atoms with Crippen LogP contribution in [-0.2, 0) is 11.2 Å². The van der Waals surface area contributed by atoms with E-state index in [1.54, 1.807) is 0 Å². The van der Waals surface area contributed by atoms with Gasteiger partial charge in [-0.15, -0.1) is 0 Å². The van der Waals surface area contributed by atoms with Gasteiger partial charge in [-0.2, -0.15) is 0 Å². The summed E-state index contributed by atoms with van der Waals surface area (Å²) < 4.78 is 10.8. The van der Waals surface area contributed by atoms with Gasteiger partial charge in [-0.1, -0.05) is 12.1 Å². The molecule has 0 aliphatic rings. The molecular weight excluding hydrogens is 192 g/mol. The van der Waals surface area contributed by atoms with Gasteiger partial charge in [-0.05, 0) is 38.0 Å². The number of benzene rings is 1. The quantitative estimate of drug-likeness (QED) is 0.730. The van der Waals surface area contributed by atoms with Gasteiger partial charge in [-0.25, -0.2) is 0 Å². The summed E-state index contributed by atoms with van der Waals surface area (Å²) in [4.78, 5) is 0. The van der Waals surface area contributed by atoms with Crippen molar-refractivity contribution >= 4 is 0 Å². The highest BCUT2D eigenvalue weighted by Crippen LogP contribution is 2.15. The third-order valence-electron chi connectivity index (χ3n) is 2.00. The van der Waals surface area contributed by atoms with E-state index in [1.165, 1.54) is 0 Å². The maximum Gasteiger partial charge on any atom is 0.196 e. The fourth-order valence-electron chi connectivity index (χ4n) is 1.36. The molecule has 3 heteroatoms. The lowest BCUT2D eigenvalue weighted by Crippen LogP contribution is -2.15. The number of ether oxygens (including phenoxy) is 2. The fraction of sp³-hybridized carbons (Fsp3) is 0.500. The van der Waals surface area contributed by atoms with Gasteiger partial charge >= 0.3 is 0 Å². The Kier molecular flexibility index (Phi) is 5.15. The molecule has 1 rings (SSSR count). The summed E-state index contributed by atoms with van der Waals surface area (Å²) in [6.07, 6.45) is 0.416. The fourth-order valence-corrected chi connectivity index (χ4v) is 1.36. The third kappa shape index (κ3) is 4.32. The molecule has 0 bridgehead atoms. The van der Waals surface area contributed by atoms with Gasteiger partial charge in [0.1, 0.15) is 5.75 Å². The lowest BCUT2D eigenvalue weighted by atomic mass is 10.1. The van der Waals surface area contributed by atoms with E-state index in [0.29, 0.717) is 13.0 Å². The number of aliphatic hydroxyl groups excluding tert-OH is 1. The second kappa shape index (κ2) is 6.43. The molecule has 1 aromatic rings. The van der Waals surface area contributed by atoms with Gasteiger partial charge < -0.3 is 14.6 Å². The van der Waals surface area contributed by atoms with Crippen LogP contribution >= 0.6 is 0 Å². The molecule has 84 valence electrons. The van der Waals surface area contributed by atoms with Crippen LogP contribution in [0.1, 0.15) is 19.4 Å². The van der Waals surface area contributed by atoms with E-state index in [0.717, 1.165) is 11.3 Å². The first kappa shape index (κ1) is 12.0. The molecule has 0 aromatic heterocycles. The number of aliphatic hydroxyl groups is 1. The zero-order chi connectivity index (χ0) is 11.1. The molecule has 0 radical (unpaired) electrons. The Labute approximate surface area is 90.6 Å². The van der Waals surface area contributed by atoms with Crippen molar-refractivity contribution in [3.8, 4) is 5.75 Å². The van der Waals surface area contributed by atoms with Crippen molar-refractivity contribution in [1.29, 1.82) is 0 Å². The molecule has 0 spiro atoms. The van der Waals surface area contributed by atoms with Crippen LogP contribution in [0.15, 0.2) is 24.3 Å². The maximum atomic E-state index is 8.81. The summed E-state index contributed by atoms with van der Waals surface area (Å²) in [7, 11) is 0. The minimum Gasteiger partial charge on any atom is -0.465 e. The highest BCUT2D eigenvalue weighted by molar-refractivity contribution is 5.28. The lowest BCUT2D eigenvalue weighted by Gasteiger charge is -2.14. The van der Waals surface area contributed by atoms with E-state index < -0.39 is 0 Å². The van der Waals surface area contributed by atoms with E-state index in [-0.39, 0.29) is 12.9 Å². The summed E-state index contributed by atoms with van der Waals surface area (Å²) in [5.41, 5.74) is 1.07. The van der Waals surface area contributed by atoms with E-state index in [4.69, 9.17) is 14.6 Å². The third-order valence-corrected chi connectivity index (χ3v) is 2.00. The molecule has 1 unspecified atom stereocenters. The van der Waals surface area contributed by atoms with Crippen molar-refractivity contribution in [3.05, 3.63) is 29.8 Å². The second-order valence-electron chi connectivity index (χ2n) is 3.26. The molecule has 0 amide bonds. The number of hydrogen-bond acceptors (Lipinski definition) is 3. The largest absolute Gasteiger partial charge is 0.465 e. The maximum absolute atomic E-state index is 8.81. The van der Waals surface area contributed by atoms with E-state index >= 15 is 0 Å². The van der Waals surface area contributed by atoms with Crippen molar-refractivity contribution < 1.29 is 14.6 Å². The standard InChI is InChI=1S/C12H18O3/c1-3-14-10(2)15-12-6-4-5-11(9-12)7-8-13/h4-6,9-10,13H,3,7-8H2,1-2H3. The van der Waals surface area contributed by atoms with Crippen LogP contribution < -0.4 is 4.74 Å². The average molecular weight is 210 g/mol. The van der Waals surface area contributed by atoms with E-state index in [2.05, 4.69) is 0 Å². The van der Waals surface area contributed by atoms with Crippen molar-refractivity contribution in [2.24, 2.45) is 0 Å². The van der Waals surface area contributed by atoms with Crippen molar-refractivity contribution in [2.75, 3.05) is 13.2 Å². The molecule has 1 N–H and O–H groups in total. The van der Waals surface area contributed by atoms with Gasteiger partial charge in [0.05, 0.1) is 0 Å². The Morgan fingerprint density at radius 2 is 2.20 bits per heavy atom. The van der Waals surface area contributed by atoms with Crippen LogP contribution in [0, 0.1) is 0 Å². The molecule has 0 heterocycles. The molecule has 1 atom stereocenters. The zero-order valence-electron chi connectivity index (χ0n) is 9.27. The predicted octanol–water partition coefficient (Wildman–Crippen LogP) is 1.98. The minimum absolute atomic E-state index is 0.157. The van der Waals surface area contributed by atoms with Crippen LogP contribution in [-0.4, -0.2) is 24.6 Å². The molecule has 0 saturated carbocycles. The highest BCUT2D eigenvalue weighted by atomic mass is 16.7. The molecule has 1 aromatic carbocycles. The van der Waals surface area contributed by atoms with Gasteiger partial charge in [0.15, 0.2) is 6.29 Å². The Balaban J connectivity index is 2.56. The summed E-state index contributed by atoms with van der Waals surface area (Å²) >= 11 is 0. The highest BCUT2D eigenvalue weighted by Gasteiger charge is 2.03. The number of hydrogen-bond donors (Lipinski definition) is 1. The van der Waals surface area contributed by atoms with Crippen LogP contribution in [0.2, 0.25) is 0 Å². The topological polar surface area (TPSA) is 38.7 Å². The van der Waals surface area contributed by atoms with E-state index in [1.807, 2.05) is 38.1 Å². The molecule has 0 aliphatic heterocycles. The molecule has 3 nitrogen and oxygen atoms in total. The van der Waals surface area contributed by atoms with E-state index in [9.17, 15) is 0 Å². The predicted molar refractivity (Wildman–Crippen MR) is 58.9 cm³/mol. The van der Waals surface area contributed by atoms with Gasteiger partial charge in [-0.3, -0.25) is 0 Å². The molecule has 15 heavy (non-hydrogen) atoms. The summed E-state index contributed by atoms with van der Waals surface area (Å²) in [6, 6.07) is 7.69. The number of rotatable bonds is 6. The normalized spacial score (nSPS) is 12.5. The van der Waals surface area contributed by atoms with Crippen LogP contribution in [0.4, 0.5) is 0 Å². The van der Waals surface area contributed by atoms with Crippen LogP contribution in [0.3, 0.4) is 0 Å². The van der Waals surface area contributed by atoms with Crippen molar-refractivity contribution in [2.45, 2.75) is 26.6 Å².